The Bertz CT molecular complexity index is 1400. The fraction of sp³-hybridized carbons (Fsp3) is 0.130. The van der Waals surface area contributed by atoms with Crippen molar-refractivity contribution in [1.82, 2.24) is 14.6 Å². The first kappa shape index (κ1) is 22.5. The summed E-state index contributed by atoms with van der Waals surface area (Å²) in [5, 5.41) is 5.99. The number of nitrogens with zero attached hydrogens (tertiary/aromatic N) is 3. The van der Waals surface area contributed by atoms with Gasteiger partial charge >= 0.3 is 6.18 Å². The molecule has 0 fully saturated rings. The van der Waals surface area contributed by atoms with Crippen LogP contribution >= 0.6 is 11.6 Å². The first-order valence-corrected chi connectivity index (χ1v) is 10.1. The van der Waals surface area contributed by atoms with Crippen molar-refractivity contribution in [2.24, 2.45) is 0 Å². The van der Waals surface area contributed by atoms with Crippen LogP contribution < -0.4 is 5.32 Å². The number of rotatable bonds is 4. The van der Waals surface area contributed by atoms with Gasteiger partial charge in [0.05, 0.1) is 5.69 Å². The molecule has 0 aliphatic rings. The fourth-order valence-corrected chi connectivity index (χ4v) is 3.46. The second-order valence-corrected chi connectivity index (χ2v) is 7.76. The molecule has 4 aromatic rings. The number of carbonyl (C=O) groups is 2. The lowest BCUT2D eigenvalue weighted by molar-refractivity contribution is -0.142. The Morgan fingerprint density at radius 2 is 1.76 bits per heavy atom. The van der Waals surface area contributed by atoms with E-state index >= 15 is 0 Å². The van der Waals surface area contributed by atoms with Gasteiger partial charge in [0, 0.05) is 16.8 Å². The van der Waals surface area contributed by atoms with Crippen molar-refractivity contribution in [2.75, 3.05) is 5.32 Å². The molecule has 0 saturated heterocycles. The Kier molecular flexibility index (Phi) is 5.67. The molecule has 4 rings (SSSR count). The van der Waals surface area contributed by atoms with Gasteiger partial charge in [0.25, 0.3) is 5.91 Å². The zero-order chi connectivity index (χ0) is 23.9. The average Bonchev–Trinajstić information content (AvgIpc) is 3.09. The highest BCUT2D eigenvalue weighted by Gasteiger charge is 2.36. The third-order valence-corrected chi connectivity index (χ3v) is 5.26. The number of hydrogen-bond acceptors (Lipinski definition) is 4. The van der Waals surface area contributed by atoms with Gasteiger partial charge in [-0.05, 0) is 32.0 Å². The van der Waals surface area contributed by atoms with E-state index in [2.05, 4.69) is 15.4 Å². The number of hydrogen-bond donors (Lipinski definition) is 1. The number of amides is 1. The maximum atomic E-state index is 13.8. The fourth-order valence-electron chi connectivity index (χ4n) is 3.22. The third-order valence-electron chi connectivity index (χ3n) is 4.91. The molecule has 0 saturated carbocycles. The minimum absolute atomic E-state index is 0.0396. The molecule has 0 radical (unpaired) electrons. The number of halogens is 4. The van der Waals surface area contributed by atoms with Gasteiger partial charge in [0.15, 0.2) is 22.8 Å². The van der Waals surface area contributed by atoms with E-state index in [0.717, 1.165) is 11.6 Å². The van der Waals surface area contributed by atoms with E-state index in [4.69, 9.17) is 11.6 Å². The minimum atomic E-state index is -4.78. The Morgan fingerprint density at radius 1 is 1.06 bits per heavy atom. The lowest BCUT2D eigenvalue weighted by Crippen LogP contribution is -2.16. The molecule has 10 heteroatoms. The van der Waals surface area contributed by atoms with Gasteiger partial charge in [-0.25, -0.2) is 9.50 Å². The second-order valence-electron chi connectivity index (χ2n) is 7.38. The lowest BCUT2D eigenvalue weighted by Gasteiger charge is -2.11. The number of aromatic nitrogens is 3. The summed E-state index contributed by atoms with van der Waals surface area (Å²) >= 11 is 6.28. The highest BCUT2D eigenvalue weighted by molar-refractivity contribution is 6.37. The molecule has 0 aliphatic carbocycles. The topological polar surface area (TPSA) is 76.4 Å². The van der Waals surface area contributed by atoms with E-state index in [1.54, 1.807) is 36.4 Å². The van der Waals surface area contributed by atoms with Crippen LogP contribution in [0, 0.1) is 6.92 Å². The molecule has 1 amide bonds. The summed E-state index contributed by atoms with van der Waals surface area (Å²) in [5.41, 5.74) is 0.209. The van der Waals surface area contributed by atoms with Crippen LogP contribution in [-0.2, 0) is 6.18 Å². The van der Waals surface area contributed by atoms with Gasteiger partial charge in [0.1, 0.15) is 5.02 Å². The number of fused-ring (bicyclic) bond motifs is 1. The van der Waals surface area contributed by atoms with E-state index in [-0.39, 0.29) is 27.8 Å². The standard InChI is InChI=1S/C23H16ClF3N4O2/c1-12-6-8-14(9-7-12)17-11-18(23(25,26)27)31-21(29-17)19(24)20(30-31)22(33)28-16-5-3-4-15(10-16)13(2)32/h3-11H,1-2H3,(H,28,33). The van der Waals surface area contributed by atoms with Crippen molar-refractivity contribution in [2.45, 2.75) is 20.0 Å². The van der Waals surface area contributed by atoms with Gasteiger partial charge < -0.3 is 5.32 Å². The molecule has 2 aromatic heterocycles. The van der Waals surface area contributed by atoms with E-state index < -0.39 is 23.5 Å². The third kappa shape index (κ3) is 4.45. The molecule has 2 heterocycles. The molecule has 6 nitrogen and oxygen atoms in total. The van der Waals surface area contributed by atoms with Gasteiger partial charge in [-0.3, -0.25) is 9.59 Å². The Morgan fingerprint density at radius 3 is 2.39 bits per heavy atom. The first-order chi connectivity index (χ1) is 15.5. The van der Waals surface area contributed by atoms with Crippen molar-refractivity contribution >= 4 is 34.6 Å². The summed E-state index contributed by atoms with van der Waals surface area (Å²) in [4.78, 5) is 28.6. The summed E-state index contributed by atoms with van der Waals surface area (Å²) in [6, 6.07) is 13.8. The molecular weight excluding hydrogens is 457 g/mol. The normalized spacial score (nSPS) is 11.6. The molecule has 2 aromatic carbocycles. The highest BCUT2D eigenvalue weighted by atomic mass is 35.5. The quantitative estimate of drug-likeness (QED) is 0.379. The molecule has 0 atom stereocenters. The van der Waals surface area contributed by atoms with Gasteiger partial charge in [-0.2, -0.15) is 18.3 Å². The maximum Gasteiger partial charge on any atom is 0.433 e. The smallest absolute Gasteiger partial charge is 0.321 e. The highest BCUT2D eigenvalue weighted by Crippen LogP contribution is 2.34. The first-order valence-electron chi connectivity index (χ1n) is 9.70. The van der Waals surface area contributed by atoms with E-state index in [1.807, 2.05) is 6.92 Å². The van der Waals surface area contributed by atoms with Gasteiger partial charge in [-0.1, -0.05) is 53.6 Å². The van der Waals surface area contributed by atoms with Gasteiger partial charge in [-0.15, -0.1) is 0 Å². The van der Waals surface area contributed by atoms with Crippen LogP contribution in [0.4, 0.5) is 18.9 Å². The zero-order valence-corrected chi connectivity index (χ0v) is 18.1. The predicted molar refractivity (Wildman–Crippen MR) is 118 cm³/mol. The largest absolute Gasteiger partial charge is 0.433 e. The number of anilines is 1. The summed E-state index contributed by atoms with van der Waals surface area (Å²) in [6.07, 6.45) is -4.78. The van der Waals surface area contributed by atoms with Crippen molar-refractivity contribution in [3.63, 3.8) is 0 Å². The van der Waals surface area contributed by atoms with Gasteiger partial charge in [0.2, 0.25) is 0 Å². The number of carbonyl (C=O) groups excluding carboxylic acids is 2. The van der Waals surface area contributed by atoms with Crippen LogP contribution in [0.3, 0.4) is 0 Å². The van der Waals surface area contributed by atoms with Crippen LogP contribution in [0.1, 0.15) is 39.0 Å². The molecular formula is C23H16ClF3N4O2. The molecule has 33 heavy (non-hydrogen) atoms. The predicted octanol–water partition coefficient (Wildman–Crippen LogP) is 5.83. The maximum absolute atomic E-state index is 13.8. The molecule has 0 aliphatic heterocycles. The summed E-state index contributed by atoms with van der Waals surface area (Å²) in [5.74, 6) is -1.05. The Hall–Kier alpha value is -3.72. The monoisotopic (exact) mass is 472 g/mol. The van der Waals surface area contributed by atoms with E-state index in [0.29, 0.717) is 15.6 Å². The molecule has 168 valence electrons. The van der Waals surface area contributed by atoms with Crippen LogP contribution in [0.2, 0.25) is 5.02 Å². The molecule has 0 spiro atoms. The molecule has 0 unspecified atom stereocenters. The SMILES string of the molecule is CC(=O)c1cccc(NC(=O)c2nn3c(C(F)(F)F)cc(-c4ccc(C)cc4)nc3c2Cl)c1. The number of nitrogens with one attached hydrogen (secondary N) is 1. The number of alkyl halides is 3. The Labute approximate surface area is 191 Å². The zero-order valence-electron chi connectivity index (χ0n) is 17.4. The minimum Gasteiger partial charge on any atom is -0.321 e. The van der Waals surface area contributed by atoms with Crippen molar-refractivity contribution in [3.05, 3.63) is 82.1 Å². The summed E-state index contributed by atoms with van der Waals surface area (Å²) in [6.45, 7) is 3.22. The summed E-state index contributed by atoms with van der Waals surface area (Å²) in [7, 11) is 0. The number of ketones is 1. The van der Waals surface area contributed by atoms with E-state index in [1.165, 1.54) is 19.1 Å². The Balaban J connectivity index is 1.81. The molecule has 0 bridgehead atoms. The van der Waals surface area contributed by atoms with Crippen molar-refractivity contribution < 1.29 is 22.8 Å². The van der Waals surface area contributed by atoms with Crippen LogP contribution in [0.15, 0.2) is 54.6 Å². The average molecular weight is 473 g/mol. The van der Waals surface area contributed by atoms with Crippen molar-refractivity contribution in [1.29, 1.82) is 0 Å². The number of aryl methyl sites for hydroxylation is 1. The second kappa shape index (κ2) is 8.32. The van der Waals surface area contributed by atoms with Crippen LogP contribution in [-0.4, -0.2) is 26.3 Å². The lowest BCUT2D eigenvalue weighted by atomic mass is 10.1. The van der Waals surface area contributed by atoms with Crippen molar-refractivity contribution in [3.8, 4) is 11.3 Å². The number of benzene rings is 2. The van der Waals surface area contributed by atoms with Crippen LogP contribution in [0.25, 0.3) is 16.9 Å². The molecule has 1 N–H and O–H groups in total. The summed E-state index contributed by atoms with van der Waals surface area (Å²) < 4.78 is 42.0. The number of Topliss-reactive ketones (excluding diaryl/α,β-unsaturated/α-hetero) is 1. The van der Waals surface area contributed by atoms with E-state index in [9.17, 15) is 22.8 Å². The van der Waals surface area contributed by atoms with Crippen LogP contribution in [0.5, 0.6) is 0 Å².